The normalized spacial score (nSPS) is 11.2. The number of H-pyrrole nitrogens is 1. The molecule has 1 aromatic heterocycles. The van der Waals surface area contributed by atoms with E-state index in [1.165, 1.54) is 16.8 Å². The second kappa shape index (κ2) is 9.67. The molecule has 0 unspecified atom stereocenters. The van der Waals surface area contributed by atoms with Crippen LogP contribution in [-0.2, 0) is 0 Å². The lowest BCUT2D eigenvalue weighted by Crippen LogP contribution is -2.15. The molecule has 0 aliphatic rings. The molecule has 0 aliphatic heterocycles. The van der Waals surface area contributed by atoms with Crippen molar-refractivity contribution in [3.05, 3.63) is 112 Å². The summed E-state index contributed by atoms with van der Waals surface area (Å²) >= 11 is 5.26. The largest absolute Gasteiger partial charge is 0.494 e. The highest BCUT2D eigenvalue weighted by Crippen LogP contribution is 2.25. The second-order valence-electron chi connectivity index (χ2n) is 6.61. The highest BCUT2D eigenvalue weighted by molar-refractivity contribution is 7.71. The van der Waals surface area contributed by atoms with E-state index in [-0.39, 0.29) is 16.2 Å². The van der Waals surface area contributed by atoms with Crippen molar-refractivity contribution in [3.63, 3.8) is 0 Å². The molecule has 2 N–H and O–H groups in total. The number of aromatic hydroxyl groups is 1. The van der Waals surface area contributed by atoms with Crippen LogP contribution in [0, 0.1) is 4.77 Å². The van der Waals surface area contributed by atoms with Gasteiger partial charge in [-0.2, -0.15) is 10.2 Å². The van der Waals surface area contributed by atoms with Crippen molar-refractivity contribution in [2.45, 2.75) is 0 Å². The van der Waals surface area contributed by atoms with Crippen molar-refractivity contribution < 1.29 is 9.84 Å². The summed E-state index contributed by atoms with van der Waals surface area (Å²) in [5.74, 6) is 1.03. The third kappa shape index (κ3) is 4.88. The maximum Gasteiger partial charge on any atom is 0.262 e. The summed E-state index contributed by atoms with van der Waals surface area (Å²) in [6.07, 6.45) is 2.71. The van der Waals surface area contributed by atoms with Gasteiger partial charge in [-0.25, -0.2) is 0 Å². The van der Waals surface area contributed by atoms with Crippen molar-refractivity contribution in [2.24, 2.45) is 10.2 Å². The van der Waals surface area contributed by atoms with Gasteiger partial charge in [-0.15, -0.1) is 0 Å². The molecule has 32 heavy (non-hydrogen) atoms. The smallest absolute Gasteiger partial charge is 0.262 e. The van der Waals surface area contributed by atoms with Crippen LogP contribution in [0.15, 0.2) is 106 Å². The number of aromatic nitrogens is 2. The van der Waals surface area contributed by atoms with Crippen molar-refractivity contribution in [1.29, 1.82) is 0 Å². The average Bonchev–Trinajstić information content (AvgIpc) is 2.81. The molecule has 0 bridgehead atoms. The van der Waals surface area contributed by atoms with Gasteiger partial charge in [0, 0.05) is 0 Å². The van der Waals surface area contributed by atoms with Crippen molar-refractivity contribution in [1.82, 2.24) is 9.55 Å². The molecule has 4 aromatic rings. The first kappa shape index (κ1) is 21.0. The summed E-state index contributed by atoms with van der Waals surface area (Å²) in [6.45, 7) is 0. The van der Waals surface area contributed by atoms with Crippen LogP contribution in [0.3, 0.4) is 0 Å². The number of hydrogen-bond donors (Lipinski definition) is 2. The summed E-state index contributed by atoms with van der Waals surface area (Å²) < 4.78 is 7.21. The zero-order valence-electron chi connectivity index (χ0n) is 16.8. The lowest BCUT2D eigenvalue weighted by Gasteiger charge is -2.12. The van der Waals surface area contributed by atoms with E-state index >= 15 is 0 Å². The highest BCUT2D eigenvalue weighted by atomic mass is 32.1. The number of aromatic amines is 1. The Morgan fingerprint density at radius 1 is 0.906 bits per heavy atom. The summed E-state index contributed by atoms with van der Waals surface area (Å²) in [5, 5.41) is 18.7. The van der Waals surface area contributed by atoms with Crippen LogP contribution in [-0.4, -0.2) is 14.7 Å². The molecule has 0 fully saturated rings. The number of nitrogens with one attached hydrogen (secondary N) is 1. The minimum Gasteiger partial charge on any atom is -0.494 e. The Morgan fingerprint density at radius 2 is 1.53 bits per heavy atom. The van der Waals surface area contributed by atoms with Gasteiger partial charge in [0.05, 0.1) is 17.6 Å². The van der Waals surface area contributed by atoms with Crippen LogP contribution in [0.2, 0.25) is 0 Å². The van der Waals surface area contributed by atoms with E-state index in [0.29, 0.717) is 22.9 Å². The van der Waals surface area contributed by atoms with E-state index in [1.807, 2.05) is 48.5 Å². The first-order valence-electron chi connectivity index (χ1n) is 9.66. The van der Waals surface area contributed by atoms with Gasteiger partial charge in [0.1, 0.15) is 17.1 Å². The number of benzene rings is 3. The molecular formula is C24H18N4O3S. The van der Waals surface area contributed by atoms with Gasteiger partial charge in [-0.1, -0.05) is 36.4 Å². The van der Waals surface area contributed by atoms with Gasteiger partial charge >= 0.3 is 0 Å². The molecule has 0 amide bonds. The summed E-state index contributed by atoms with van der Waals surface area (Å²) in [5.41, 5.74) is 0.711. The fourth-order valence-corrected chi connectivity index (χ4v) is 3.20. The molecule has 0 spiro atoms. The minimum absolute atomic E-state index is 0.00947. The second-order valence-corrected chi connectivity index (χ2v) is 6.99. The molecule has 0 radical (unpaired) electrons. The molecule has 8 heteroatoms. The van der Waals surface area contributed by atoms with E-state index in [0.717, 1.165) is 0 Å². The van der Waals surface area contributed by atoms with Crippen LogP contribution in [0.1, 0.15) is 5.56 Å². The van der Waals surface area contributed by atoms with Gasteiger partial charge in [-0.05, 0) is 66.8 Å². The summed E-state index contributed by atoms with van der Waals surface area (Å²) in [6, 6.07) is 25.5. The molecular weight excluding hydrogens is 424 g/mol. The number of rotatable bonds is 6. The number of para-hydroxylation sites is 1. The van der Waals surface area contributed by atoms with Crippen LogP contribution >= 0.6 is 12.2 Å². The van der Waals surface area contributed by atoms with Crippen LogP contribution in [0.5, 0.6) is 17.4 Å². The third-order valence-corrected chi connectivity index (χ3v) is 4.72. The predicted octanol–water partition coefficient (Wildman–Crippen LogP) is 6.15. The molecule has 0 atom stereocenters. The van der Waals surface area contributed by atoms with Crippen LogP contribution < -0.4 is 10.3 Å². The number of ether oxygens (including phenoxy) is 1. The Morgan fingerprint density at radius 3 is 2.22 bits per heavy atom. The molecule has 0 aliphatic carbocycles. The molecule has 158 valence electrons. The van der Waals surface area contributed by atoms with E-state index in [1.54, 1.807) is 36.4 Å². The minimum atomic E-state index is -0.529. The third-order valence-electron chi connectivity index (χ3n) is 4.43. The zero-order valence-corrected chi connectivity index (χ0v) is 17.6. The van der Waals surface area contributed by atoms with Gasteiger partial charge in [0.15, 0.2) is 4.77 Å². The van der Waals surface area contributed by atoms with Crippen molar-refractivity contribution in [2.75, 3.05) is 0 Å². The SMILES string of the molecule is O=c1[nH]c(=S)n(-c2ccc(Oc3ccccc3)cc2)c(O)c1C=CN=Nc1ccccc1. The summed E-state index contributed by atoms with van der Waals surface area (Å²) in [7, 11) is 0. The van der Waals surface area contributed by atoms with Crippen LogP contribution in [0.25, 0.3) is 11.8 Å². The predicted molar refractivity (Wildman–Crippen MR) is 125 cm³/mol. The van der Waals surface area contributed by atoms with Crippen molar-refractivity contribution in [3.8, 4) is 23.1 Å². The lowest BCUT2D eigenvalue weighted by molar-refractivity contribution is 0.431. The van der Waals surface area contributed by atoms with E-state index in [2.05, 4.69) is 15.2 Å². The van der Waals surface area contributed by atoms with E-state index in [4.69, 9.17) is 17.0 Å². The fraction of sp³-hybridized carbons (Fsp3) is 0. The number of hydrogen-bond acceptors (Lipinski definition) is 6. The average molecular weight is 443 g/mol. The zero-order chi connectivity index (χ0) is 22.3. The molecule has 1 heterocycles. The van der Waals surface area contributed by atoms with Gasteiger partial charge in [-0.3, -0.25) is 14.3 Å². The van der Waals surface area contributed by atoms with Crippen LogP contribution in [0.4, 0.5) is 5.69 Å². The van der Waals surface area contributed by atoms with Crippen molar-refractivity contribution >= 4 is 24.0 Å². The summed E-state index contributed by atoms with van der Waals surface area (Å²) in [4.78, 5) is 14.9. The quantitative estimate of drug-likeness (QED) is 0.277. The fourth-order valence-electron chi connectivity index (χ4n) is 2.92. The maximum absolute atomic E-state index is 12.3. The Hall–Kier alpha value is -4.30. The Bertz CT molecular complexity index is 1380. The number of nitrogens with zero attached hydrogens (tertiary/aromatic N) is 3. The standard InChI is InChI=1S/C24H18N4O3S/c29-22-21(15-16-25-27-17-7-3-1-4-8-17)23(30)28(24(32)26-22)18-11-13-20(14-12-18)31-19-9-5-2-6-10-19/h1-16,30H,(H,26,29,32). The Kier molecular flexibility index (Phi) is 6.33. The lowest BCUT2D eigenvalue weighted by atomic mass is 10.2. The van der Waals surface area contributed by atoms with E-state index in [9.17, 15) is 9.90 Å². The first-order chi connectivity index (χ1) is 15.6. The van der Waals surface area contributed by atoms with Gasteiger partial charge in [0.25, 0.3) is 5.56 Å². The van der Waals surface area contributed by atoms with E-state index < -0.39 is 5.56 Å². The molecule has 7 nitrogen and oxygen atoms in total. The number of azo groups is 1. The molecule has 4 rings (SSSR count). The topological polar surface area (TPSA) is 92.0 Å². The first-order valence-corrected chi connectivity index (χ1v) is 10.1. The van der Waals surface area contributed by atoms with Gasteiger partial charge < -0.3 is 9.84 Å². The molecule has 0 saturated heterocycles. The highest BCUT2D eigenvalue weighted by Gasteiger charge is 2.12. The molecule has 0 saturated carbocycles. The maximum atomic E-state index is 12.3. The molecule has 3 aromatic carbocycles. The monoisotopic (exact) mass is 442 g/mol. The Balaban J connectivity index is 1.60. The van der Waals surface area contributed by atoms with Gasteiger partial charge in [0.2, 0.25) is 5.88 Å². The Labute approximate surface area is 188 Å².